The van der Waals surface area contributed by atoms with Crippen LogP contribution in [0.5, 0.6) is 0 Å². The first-order valence-corrected chi connectivity index (χ1v) is 12.6. The molecule has 2 N–H and O–H groups in total. The Bertz CT molecular complexity index is 1500. The Balaban J connectivity index is 1.51. The van der Waals surface area contributed by atoms with Crippen LogP contribution in [0, 0.1) is 0 Å². The van der Waals surface area contributed by atoms with E-state index in [1.54, 1.807) is 23.0 Å². The molecule has 39 heavy (non-hydrogen) atoms. The van der Waals surface area contributed by atoms with E-state index < -0.39 is 17.8 Å². The fourth-order valence-electron chi connectivity index (χ4n) is 4.34. The van der Waals surface area contributed by atoms with Gasteiger partial charge < -0.3 is 10.6 Å². The van der Waals surface area contributed by atoms with Crippen molar-refractivity contribution in [3.8, 4) is 11.1 Å². The number of anilines is 2. The Morgan fingerprint density at radius 3 is 2.28 bits per heavy atom. The Morgan fingerprint density at radius 1 is 1.03 bits per heavy atom. The van der Waals surface area contributed by atoms with E-state index in [4.69, 9.17) is 0 Å². The molecular formula is C29H31F3N6O. The number of hydrogen-bond donors (Lipinski definition) is 2. The van der Waals surface area contributed by atoms with Crippen molar-refractivity contribution in [2.45, 2.75) is 33.5 Å². The van der Waals surface area contributed by atoms with Gasteiger partial charge in [0.15, 0.2) is 5.65 Å². The van der Waals surface area contributed by atoms with Crippen LogP contribution in [0.4, 0.5) is 29.3 Å². The van der Waals surface area contributed by atoms with Gasteiger partial charge >= 0.3 is 12.2 Å². The highest BCUT2D eigenvalue weighted by molar-refractivity contribution is 6.00. The summed E-state index contributed by atoms with van der Waals surface area (Å²) in [5.74, 6) is 0. The van der Waals surface area contributed by atoms with E-state index in [1.807, 2.05) is 50.9 Å². The molecule has 2 aromatic heterocycles. The van der Waals surface area contributed by atoms with Crippen molar-refractivity contribution in [1.29, 1.82) is 0 Å². The van der Waals surface area contributed by atoms with Gasteiger partial charge in [-0.3, -0.25) is 9.58 Å². The number of hydrogen-bond acceptors (Lipinski definition) is 4. The predicted octanol–water partition coefficient (Wildman–Crippen LogP) is 7.17. The second kappa shape index (κ2) is 11.3. The number of aromatic nitrogens is 3. The van der Waals surface area contributed by atoms with Crippen molar-refractivity contribution in [1.82, 2.24) is 19.7 Å². The van der Waals surface area contributed by atoms with Gasteiger partial charge in [-0.05, 0) is 72.6 Å². The first kappa shape index (κ1) is 27.8. The monoisotopic (exact) mass is 536 g/mol. The van der Waals surface area contributed by atoms with Gasteiger partial charge in [-0.1, -0.05) is 38.6 Å². The molecular weight excluding hydrogens is 505 g/mol. The average molecular weight is 537 g/mol. The smallest absolute Gasteiger partial charge is 0.308 e. The molecule has 204 valence electrons. The number of halogens is 3. The van der Waals surface area contributed by atoms with Crippen LogP contribution >= 0.6 is 0 Å². The van der Waals surface area contributed by atoms with Gasteiger partial charge in [-0.25, -0.2) is 9.78 Å². The van der Waals surface area contributed by atoms with Gasteiger partial charge in [0.05, 0.1) is 17.5 Å². The molecule has 0 saturated heterocycles. The third-order valence-electron chi connectivity index (χ3n) is 6.56. The number of amides is 2. The zero-order chi connectivity index (χ0) is 28.3. The summed E-state index contributed by atoms with van der Waals surface area (Å²) in [5, 5.41) is 10.4. The number of pyridine rings is 1. The zero-order valence-electron chi connectivity index (χ0n) is 22.4. The van der Waals surface area contributed by atoms with Crippen LogP contribution in [-0.4, -0.2) is 38.8 Å². The average Bonchev–Trinajstić information content (AvgIpc) is 3.27. The fourth-order valence-corrected chi connectivity index (χ4v) is 4.34. The molecule has 0 atom stereocenters. The van der Waals surface area contributed by atoms with E-state index in [2.05, 4.69) is 27.3 Å². The van der Waals surface area contributed by atoms with Gasteiger partial charge in [-0.2, -0.15) is 18.3 Å². The molecule has 2 amide bonds. The topological polar surface area (TPSA) is 75.1 Å². The second-order valence-electron chi connectivity index (χ2n) is 9.33. The Kier molecular flexibility index (Phi) is 8.06. The predicted molar refractivity (Wildman–Crippen MR) is 149 cm³/mol. The largest absolute Gasteiger partial charge is 0.416 e. The molecule has 0 unspecified atom stereocenters. The minimum Gasteiger partial charge on any atom is -0.308 e. The van der Waals surface area contributed by atoms with Crippen LogP contribution in [0.15, 0.2) is 61.3 Å². The SMILES string of the molecule is C=C(C)c1cc(-c2ccc(NC(=O)Nc3ccc(CN(CC)CC)c(C(F)(F)F)c3)cc2)c2cnn(C)c2n1. The lowest BCUT2D eigenvalue weighted by Gasteiger charge is -2.21. The summed E-state index contributed by atoms with van der Waals surface area (Å²) in [6.07, 6.45) is -2.79. The number of nitrogens with zero attached hydrogens (tertiary/aromatic N) is 4. The van der Waals surface area contributed by atoms with E-state index in [-0.39, 0.29) is 17.8 Å². The number of fused-ring (bicyclic) bond motifs is 1. The fraction of sp³-hybridized carbons (Fsp3) is 0.276. The first-order chi connectivity index (χ1) is 18.5. The Hall–Kier alpha value is -4.18. The van der Waals surface area contributed by atoms with Gasteiger partial charge in [0.1, 0.15) is 0 Å². The van der Waals surface area contributed by atoms with Crippen LogP contribution in [0.25, 0.3) is 27.7 Å². The van der Waals surface area contributed by atoms with Crippen LogP contribution in [0.2, 0.25) is 0 Å². The number of nitrogens with one attached hydrogen (secondary N) is 2. The molecule has 0 aliphatic heterocycles. The Labute approximate surface area is 225 Å². The van der Waals surface area contributed by atoms with Crippen LogP contribution in [-0.2, 0) is 19.8 Å². The number of alkyl halides is 3. The summed E-state index contributed by atoms with van der Waals surface area (Å²) >= 11 is 0. The number of benzene rings is 2. The number of allylic oxidation sites excluding steroid dienone is 1. The van der Waals surface area contributed by atoms with Crippen molar-refractivity contribution in [3.63, 3.8) is 0 Å². The van der Waals surface area contributed by atoms with Crippen molar-refractivity contribution in [2.24, 2.45) is 7.05 Å². The third-order valence-corrected chi connectivity index (χ3v) is 6.56. The molecule has 7 nitrogen and oxygen atoms in total. The minimum absolute atomic E-state index is 0.0582. The summed E-state index contributed by atoms with van der Waals surface area (Å²) in [6.45, 7) is 11.1. The molecule has 0 spiro atoms. The van der Waals surface area contributed by atoms with Gasteiger partial charge in [0, 0.05) is 30.4 Å². The van der Waals surface area contributed by atoms with Gasteiger partial charge in [0.2, 0.25) is 0 Å². The molecule has 0 fully saturated rings. The maximum atomic E-state index is 13.8. The van der Waals surface area contributed by atoms with Gasteiger partial charge in [-0.15, -0.1) is 0 Å². The van der Waals surface area contributed by atoms with Crippen molar-refractivity contribution in [3.05, 3.63) is 78.1 Å². The summed E-state index contributed by atoms with van der Waals surface area (Å²) in [4.78, 5) is 19.1. The highest BCUT2D eigenvalue weighted by Gasteiger charge is 2.34. The van der Waals surface area contributed by atoms with Crippen molar-refractivity contribution >= 4 is 34.0 Å². The van der Waals surface area contributed by atoms with E-state index in [9.17, 15) is 18.0 Å². The molecule has 10 heteroatoms. The summed E-state index contributed by atoms with van der Waals surface area (Å²) in [5.41, 5.74) is 4.08. The number of aryl methyl sites for hydroxylation is 1. The van der Waals surface area contributed by atoms with Crippen molar-refractivity contribution in [2.75, 3.05) is 23.7 Å². The molecule has 2 aromatic carbocycles. The standard InChI is InChI=1S/C29H31F3N6O/c1-6-38(7-2)17-20-10-13-22(14-25(20)29(30,31)32)35-28(39)34-21-11-8-19(9-12-21)23-15-26(18(3)4)36-27-24(23)16-33-37(27)5/h8-16H,3,6-7,17H2,1-2,4-5H3,(H2,34,35,39). The number of urea groups is 1. The lowest BCUT2D eigenvalue weighted by Crippen LogP contribution is -2.24. The maximum Gasteiger partial charge on any atom is 0.416 e. The van der Waals surface area contributed by atoms with Crippen LogP contribution in [0.1, 0.15) is 37.6 Å². The molecule has 2 heterocycles. The number of carbonyl (C=O) groups excluding carboxylic acids is 1. The first-order valence-electron chi connectivity index (χ1n) is 12.6. The highest BCUT2D eigenvalue weighted by Crippen LogP contribution is 2.35. The molecule has 0 saturated carbocycles. The highest BCUT2D eigenvalue weighted by atomic mass is 19.4. The van der Waals surface area contributed by atoms with Gasteiger partial charge in [0.25, 0.3) is 0 Å². The quantitative estimate of drug-likeness (QED) is 0.250. The summed E-state index contributed by atoms with van der Waals surface area (Å²) in [6, 6.07) is 12.3. The lowest BCUT2D eigenvalue weighted by molar-refractivity contribution is -0.138. The van der Waals surface area contributed by atoms with Crippen LogP contribution < -0.4 is 10.6 Å². The molecule has 0 radical (unpaired) electrons. The van der Waals surface area contributed by atoms with E-state index in [0.717, 1.165) is 39.5 Å². The molecule has 4 rings (SSSR count). The molecule has 0 aliphatic rings. The number of carbonyl (C=O) groups is 1. The normalized spacial score (nSPS) is 11.7. The van der Waals surface area contributed by atoms with Crippen molar-refractivity contribution < 1.29 is 18.0 Å². The summed E-state index contributed by atoms with van der Waals surface area (Å²) < 4.78 is 43.0. The molecule has 4 aromatic rings. The van der Waals surface area contributed by atoms with E-state index in [0.29, 0.717) is 18.8 Å². The molecule has 0 bridgehead atoms. The lowest BCUT2D eigenvalue weighted by atomic mass is 10.0. The van der Waals surface area contributed by atoms with Crippen LogP contribution in [0.3, 0.4) is 0 Å². The summed E-state index contributed by atoms with van der Waals surface area (Å²) in [7, 11) is 1.82. The van der Waals surface area contributed by atoms with E-state index >= 15 is 0 Å². The second-order valence-corrected chi connectivity index (χ2v) is 9.33. The zero-order valence-corrected chi connectivity index (χ0v) is 22.4. The number of rotatable bonds is 8. The maximum absolute atomic E-state index is 13.8. The molecule has 0 aliphatic carbocycles. The minimum atomic E-state index is -4.54. The third kappa shape index (κ3) is 6.28. The Morgan fingerprint density at radius 2 is 1.67 bits per heavy atom. The van der Waals surface area contributed by atoms with E-state index in [1.165, 1.54) is 12.1 Å².